The van der Waals surface area contributed by atoms with Crippen molar-refractivity contribution in [3.63, 3.8) is 0 Å². The van der Waals surface area contributed by atoms with Crippen LogP contribution in [0.25, 0.3) is 0 Å². The lowest BCUT2D eigenvalue weighted by Gasteiger charge is -2.27. The van der Waals surface area contributed by atoms with E-state index in [-0.39, 0.29) is 12.6 Å². The molecule has 96 valence electrons. The number of aliphatic hydroxyl groups excluding tert-OH is 4. The lowest BCUT2D eigenvalue weighted by molar-refractivity contribution is -0.129. The summed E-state index contributed by atoms with van der Waals surface area (Å²) in [6.07, 6.45) is -5.00. The summed E-state index contributed by atoms with van der Waals surface area (Å²) in [7, 11) is 0. The van der Waals surface area contributed by atoms with Gasteiger partial charge >= 0.3 is 0 Å². The molecule has 1 unspecified atom stereocenters. The highest BCUT2D eigenvalue weighted by molar-refractivity contribution is 4.83. The molecule has 0 aliphatic carbocycles. The maximum Gasteiger partial charge on any atom is 0.111 e. The second-order valence-electron chi connectivity index (χ2n) is 3.79. The highest BCUT2D eigenvalue weighted by Gasteiger charge is 2.32. The van der Waals surface area contributed by atoms with Crippen molar-refractivity contribution in [2.24, 2.45) is 5.73 Å². The molecule has 7 nitrogen and oxygen atoms in total. The molecule has 5 atom stereocenters. The topological polar surface area (TPSA) is 129 Å². The third-order valence-electron chi connectivity index (χ3n) is 2.44. The van der Waals surface area contributed by atoms with Crippen LogP contribution in [-0.4, -0.2) is 77.3 Å². The van der Waals surface area contributed by atoms with Gasteiger partial charge < -0.3 is 35.6 Å². The molecule has 1 fully saturated rings. The lowest BCUT2D eigenvalue weighted by Crippen LogP contribution is -2.49. The van der Waals surface area contributed by atoms with Gasteiger partial charge in [0.2, 0.25) is 0 Å². The van der Waals surface area contributed by atoms with E-state index in [4.69, 9.17) is 25.4 Å². The van der Waals surface area contributed by atoms with Crippen LogP contribution in [0.5, 0.6) is 0 Å². The quantitative estimate of drug-likeness (QED) is 0.281. The normalized spacial score (nSPS) is 27.2. The minimum absolute atomic E-state index is 0.00307. The van der Waals surface area contributed by atoms with Gasteiger partial charge in [0.15, 0.2) is 0 Å². The van der Waals surface area contributed by atoms with Gasteiger partial charge in [-0.15, -0.1) is 0 Å². The van der Waals surface area contributed by atoms with Crippen LogP contribution in [-0.2, 0) is 9.47 Å². The summed E-state index contributed by atoms with van der Waals surface area (Å²) < 4.78 is 10.2. The minimum atomic E-state index is -1.49. The molecule has 1 aliphatic heterocycles. The predicted molar refractivity (Wildman–Crippen MR) is 53.6 cm³/mol. The number of hydrogen-bond acceptors (Lipinski definition) is 7. The average Bonchev–Trinajstić information content (AvgIpc) is 3.11. The van der Waals surface area contributed by atoms with E-state index in [0.717, 1.165) is 0 Å². The van der Waals surface area contributed by atoms with Crippen LogP contribution in [0.2, 0.25) is 0 Å². The smallest absolute Gasteiger partial charge is 0.111 e. The van der Waals surface area contributed by atoms with Crippen molar-refractivity contribution >= 4 is 0 Å². The SMILES string of the molecule is NC[C@H](OCC1CO1)[C@@H](O)[C@H](O)[C@H](O)CO. The van der Waals surface area contributed by atoms with Gasteiger partial charge in [0.25, 0.3) is 0 Å². The van der Waals surface area contributed by atoms with E-state index in [2.05, 4.69) is 0 Å². The van der Waals surface area contributed by atoms with E-state index in [1.54, 1.807) is 0 Å². The molecule has 1 aliphatic rings. The van der Waals surface area contributed by atoms with E-state index in [1.165, 1.54) is 0 Å². The highest BCUT2D eigenvalue weighted by atomic mass is 16.6. The fraction of sp³-hybridized carbons (Fsp3) is 1.00. The van der Waals surface area contributed by atoms with Gasteiger partial charge in [-0.25, -0.2) is 0 Å². The van der Waals surface area contributed by atoms with Gasteiger partial charge in [0.1, 0.15) is 24.4 Å². The maximum atomic E-state index is 9.65. The zero-order valence-corrected chi connectivity index (χ0v) is 8.90. The fourth-order valence-electron chi connectivity index (χ4n) is 1.26. The Hall–Kier alpha value is -0.280. The molecule has 0 bridgehead atoms. The molecule has 0 spiro atoms. The van der Waals surface area contributed by atoms with E-state index in [0.29, 0.717) is 13.2 Å². The number of nitrogens with two attached hydrogens (primary N) is 1. The molecule has 0 saturated carbocycles. The number of ether oxygens (including phenoxy) is 2. The Morgan fingerprint density at radius 3 is 2.38 bits per heavy atom. The summed E-state index contributed by atoms with van der Waals surface area (Å²) in [6.45, 7) is 0.278. The van der Waals surface area contributed by atoms with Gasteiger partial charge in [-0.3, -0.25) is 0 Å². The Labute approximate surface area is 93.4 Å². The summed E-state index contributed by atoms with van der Waals surface area (Å²) >= 11 is 0. The monoisotopic (exact) mass is 237 g/mol. The van der Waals surface area contributed by atoms with E-state index < -0.39 is 31.0 Å². The molecular weight excluding hydrogens is 218 g/mol. The number of aliphatic hydroxyl groups is 4. The molecule has 0 radical (unpaired) electrons. The Morgan fingerprint density at radius 1 is 1.31 bits per heavy atom. The second kappa shape index (κ2) is 6.45. The predicted octanol–water partition coefficient (Wildman–Crippen LogP) is -3.20. The Kier molecular flexibility index (Phi) is 5.56. The van der Waals surface area contributed by atoms with Crippen LogP contribution < -0.4 is 5.73 Å². The minimum Gasteiger partial charge on any atom is -0.394 e. The molecule has 0 aromatic carbocycles. The third kappa shape index (κ3) is 3.95. The lowest BCUT2D eigenvalue weighted by atomic mass is 10.0. The van der Waals surface area contributed by atoms with Crippen LogP contribution in [0.15, 0.2) is 0 Å². The first kappa shape index (κ1) is 13.8. The zero-order chi connectivity index (χ0) is 12.1. The number of hydrogen-bond donors (Lipinski definition) is 5. The zero-order valence-electron chi connectivity index (χ0n) is 8.90. The molecule has 6 N–H and O–H groups in total. The molecule has 0 amide bonds. The van der Waals surface area contributed by atoms with E-state index >= 15 is 0 Å². The summed E-state index contributed by atoms with van der Waals surface area (Å²) in [5, 5.41) is 36.9. The highest BCUT2D eigenvalue weighted by Crippen LogP contribution is 2.13. The van der Waals surface area contributed by atoms with Crippen molar-refractivity contribution < 1.29 is 29.9 Å². The molecule has 1 saturated heterocycles. The Morgan fingerprint density at radius 2 is 1.94 bits per heavy atom. The van der Waals surface area contributed by atoms with E-state index in [9.17, 15) is 10.2 Å². The summed E-state index contributed by atoms with van der Waals surface area (Å²) in [5.41, 5.74) is 5.38. The first-order chi connectivity index (χ1) is 7.60. The van der Waals surface area contributed by atoms with Crippen LogP contribution in [0.4, 0.5) is 0 Å². The van der Waals surface area contributed by atoms with Gasteiger partial charge in [-0.05, 0) is 0 Å². The van der Waals surface area contributed by atoms with E-state index in [1.807, 2.05) is 0 Å². The van der Waals surface area contributed by atoms with Crippen LogP contribution in [0, 0.1) is 0 Å². The van der Waals surface area contributed by atoms with Gasteiger partial charge in [-0.2, -0.15) is 0 Å². The van der Waals surface area contributed by atoms with Crippen molar-refractivity contribution in [2.75, 3.05) is 26.4 Å². The van der Waals surface area contributed by atoms with Crippen molar-refractivity contribution in [3.05, 3.63) is 0 Å². The van der Waals surface area contributed by atoms with Crippen molar-refractivity contribution in [1.82, 2.24) is 0 Å². The molecule has 1 heterocycles. The van der Waals surface area contributed by atoms with Gasteiger partial charge in [0.05, 0.1) is 25.9 Å². The average molecular weight is 237 g/mol. The molecule has 0 aromatic heterocycles. The van der Waals surface area contributed by atoms with Crippen LogP contribution >= 0.6 is 0 Å². The van der Waals surface area contributed by atoms with Crippen LogP contribution in [0.1, 0.15) is 0 Å². The van der Waals surface area contributed by atoms with Gasteiger partial charge in [0, 0.05) is 6.54 Å². The summed E-state index contributed by atoms with van der Waals surface area (Å²) in [6, 6.07) is 0. The van der Waals surface area contributed by atoms with Crippen molar-refractivity contribution in [2.45, 2.75) is 30.5 Å². The Bertz CT molecular complexity index is 200. The first-order valence-electron chi connectivity index (χ1n) is 5.18. The third-order valence-corrected chi connectivity index (χ3v) is 2.44. The van der Waals surface area contributed by atoms with Crippen LogP contribution in [0.3, 0.4) is 0 Å². The van der Waals surface area contributed by atoms with Gasteiger partial charge in [-0.1, -0.05) is 0 Å². The van der Waals surface area contributed by atoms with Crippen molar-refractivity contribution in [3.8, 4) is 0 Å². The number of rotatable bonds is 8. The standard InChI is InChI=1S/C9H19NO6/c10-1-7(16-4-5-3-15-5)9(14)8(13)6(12)2-11/h5-9,11-14H,1-4,10H2/t5?,6-,7+,8-,9-/m1/s1. The fourth-order valence-corrected chi connectivity index (χ4v) is 1.26. The summed E-state index contributed by atoms with van der Waals surface area (Å²) in [5.74, 6) is 0. The largest absolute Gasteiger partial charge is 0.394 e. The molecule has 16 heavy (non-hydrogen) atoms. The molecular formula is C9H19NO6. The molecule has 1 rings (SSSR count). The Balaban J connectivity index is 2.36. The maximum absolute atomic E-state index is 9.65. The number of epoxide rings is 1. The summed E-state index contributed by atoms with van der Waals surface area (Å²) in [4.78, 5) is 0. The molecule has 7 heteroatoms. The second-order valence-corrected chi connectivity index (χ2v) is 3.79. The first-order valence-corrected chi connectivity index (χ1v) is 5.18. The molecule has 0 aromatic rings. The van der Waals surface area contributed by atoms with Crippen molar-refractivity contribution in [1.29, 1.82) is 0 Å².